The fourth-order valence-electron chi connectivity index (χ4n) is 2.70. The Kier molecular flexibility index (Phi) is 6.01. The molecular formula is C19H18N4O4S. The molecule has 0 spiro atoms. The Morgan fingerprint density at radius 3 is 3.00 bits per heavy atom. The Bertz CT molecular complexity index is 949. The second-order valence-corrected chi connectivity index (χ2v) is 7.10. The fraction of sp³-hybridized carbons (Fsp3) is 0.316. The number of hydrogen-bond acceptors (Lipinski definition) is 7. The van der Waals surface area contributed by atoms with Crippen molar-refractivity contribution in [3.8, 4) is 6.07 Å². The van der Waals surface area contributed by atoms with Crippen LogP contribution >= 0.6 is 11.3 Å². The predicted molar refractivity (Wildman–Crippen MR) is 103 cm³/mol. The normalized spacial score (nSPS) is 14.4. The fourth-order valence-corrected chi connectivity index (χ4v) is 3.57. The van der Waals surface area contributed by atoms with E-state index in [2.05, 4.69) is 10.3 Å². The molecule has 9 heteroatoms. The van der Waals surface area contributed by atoms with E-state index in [1.54, 1.807) is 28.5 Å². The largest absolute Gasteiger partial charge is 0.452 e. The summed E-state index contributed by atoms with van der Waals surface area (Å²) in [5, 5.41) is 13.8. The summed E-state index contributed by atoms with van der Waals surface area (Å²) in [5.74, 6) is -1.04. The summed E-state index contributed by atoms with van der Waals surface area (Å²) in [5.41, 5.74) is 1.36. The van der Waals surface area contributed by atoms with Crippen molar-refractivity contribution >= 4 is 39.9 Å². The number of aromatic nitrogens is 1. The number of hydrogen-bond donors (Lipinski definition) is 1. The smallest absolute Gasteiger partial charge is 0.312 e. The van der Waals surface area contributed by atoms with Gasteiger partial charge in [0.15, 0.2) is 11.2 Å². The molecule has 1 N–H and O–H groups in total. The molecule has 2 amide bonds. The highest BCUT2D eigenvalue weighted by Gasteiger charge is 2.25. The van der Waals surface area contributed by atoms with Crippen molar-refractivity contribution in [2.24, 2.45) is 0 Å². The van der Waals surface area contributed by atoms with E-state index in [0.717, 1.165) is 6.42 Å². The van der Waals surface area contributed by atoms with Gasteiger partial charge in [-0.15, -0.1) is 11.3 Å². The third kappa shape index (κ3) is 4.72. The van der Waals surface area contributed by atoms with Gasteiger partial charge < -0.3 is 10.1 Å². The molecule has 8 nitrogen and oxygen atoms in total. The van der Waals surface area contributed by atoms with E-state index in [-0.39, 0.29) is 12.3 Å². The minimum absolute atomic E-state index is 0.0363. The molecule has 1 aromatic carbocycles. The van der Waals surface area contributed by atoms with E-state index in [9.17, 15) is 14.4 Å². The maximum absolute atomic E-state index is 12.2. The Morgan fingerprint density at radius 1 is 1.46 bits per heavy atom. The number of carbonyl (C=O) groups is 3. The maximum atomic E-state index is 12.2. The van der Waals surface area contributed by atoms with Crippen molar-refractivity contribution in [3.63, 3.8) is 0 Å². The van der Waals surface area contributed by atoms with E-state index in [1.807, 2.05) is 6.07 Å². The Hall–Kier alpha value is -3.25. The topological polar surface area (TPSA) is 112 Å². The molecule has 2 heterocycles. The molecule has 144 valence electrons. The lowest BCUT2D eigenvalue weighted by Crippen LogP contribution is -2.30. The summed E-state index contributed by atoms with van der Waals surface area (Å²) in [6.07, 6.45) is 0.233. The molecule has 0 saturated carbocycles. The van der Waals surface area contributed by atoms with Crippen LogP contribution in [-0.4, -0.2) is 35.4 Å². The van der Waals surface area contributed by atoms with E-state index in [0.29, 0.717) is 35.0 Å². The number of esters is 1. The average Bonchev–Trinajstić information content (AvgIpc) is 3.30. The number of benzene rings is 1. The molecular weight excluding hydrogens is 380 g/mol. The second kappa shape index (κ2) is 8.63. The van der Waals surface area contributed by atoms with Gasteiger partial charge >= 0.3 is 5.97 Å². The van der Waals surface area contributed by atoms with Crippen LogP contribution in [0.4, 0.5) is 10.8 Å². The maximum Gasteiger partial charge on any atom is 0.312 e. The monoisotopic (exact) mass is 398 g/mol. The first kappa shape index (κ1) is 19.5. The van der Waals surface area contributed by atoms with Crippen LogP contribution in [0.1, 0.15) is 31.0 Å². The van der Waals surface area contributed by atoms with Gasteiger partial charge in [0.05, 0.1) is 23.7 Å². The summed E-state index contributed by atoms with van der Waals surface area (Å²) in [4.78, 5) is 42.0. The SMILES string of the molecule is C[C@H](OC(=O)Cc1csc(N2CCCC2=O)n1)C(=O)Nc1cccc(C#N)c1. The highest BCUT2D eigenvalue weighted by molar-refractivity contribution is 7.14. The van der Waals surface area contributed by atoms with Gasteiger partial charge in [0.2, 0.25) is 5.91 Å². The Labute approximate surface area is 165 Å². The number of ether oxygens (including phenoxy) is 1. The lowest BCUT2D eigenvalue weighted by atomic mass is 10.2. The van der Waals surface area contributed by atoms with Crippen molar-refractivity contribution in [2.45, 2.75) is 32.3 Å². The van der Waals surface area contributed by atoms with E-state index in [1.165, 1.54) is 24.3 Å². The van der Waals surface area contributed by atoms with Crippen LogP contribution in [0.25, 0.3) is 0 Å². The van der Waals surface area contributed by atoms with E-state index >= 15 is 0 Å². The number of nitriles is 1. The summed E-state index contributed by atoms with van der Waals surface area (Å²) in [6, 6.07) is 8.43. The molecule has 0 unspecified atom stereocenters. The minimum Gasteiger partial charge on any atom is -0.452 e. The molecule has 0 aliphatic carbocycles. The highest BCUT2D eigenvalue weighted by atomic mass is 32.1. The third-order valence-corrected chi connectivity index (χ3v) is 5.02. The van der Waals surface area contributed by atoms with Crippen LogP contribution in [-0.2, 0) is 25.5 Å². The zero-order valence-corrected chi connectivity index (χ0v) is 16.0. The molecule has 1 fully saturated rings. The number of carbonyl (C=O) groups excluding carboxylic acids is 3. The van der Waals surface area contributed by atoms with Gasteiger partial charge in [0, 0.05) is 24.0 Å². The zero-order chi connectivity index (χ0) is 20.1. The van der Waals surface area contributed by atoms with Crippen molar-refractivity contribution < 1.29 is 19.1 Å². The molecule has 1 atom stereocenters. The molecule has 1 aliphatic heterocycles. The number of rotatable bonds is 6. The Morgan fingerprint density at radius 2 is 2.29 bits per heavy atom. The van der Waals surface area contributed by atoms with E-state index in [4.69, 9.17) is 10.00 Å². The Balaban J connectivity index is 1.52. The number of anilines is 2. The van der Waals surface area contributed by atoms with Gasteiger partial charge in [-0.3, -0.25) is 19.3 Å². The van der Waals surface area contributed by atoms with Crippen LogP contribution in [0.2, 0.25) is 0 Å². The van der Waals surface area contributed by atoms with Crippen molar-refractivity contribution in [2.75, 3.05) is 16.8 Å². The van der Waals surface area contributed by atoms with Crippen LogP contribution in [0.3, 0.4) is 0 Å². The van der Waals surface area contributed by atoms with Gasteiger partial charge in [-0.2, -0.15) is 5.26 Å². The number of thiazole rings is 1. The van der Waals surface area contributed by atoms with Crippen LogP contribution in [0.5, 0.6) is 0 Å². The lowest BCUT2D eigenvalue weighted by molar-refractivity contribution is -0.152. The first-order valence-electron chi connectivity index (χ1n) is 8.71. The summed E-state index contributed by atoms with van der Waals surface area (Å²) < 4.78 is 5.17. The molecule has 1 aromatic heterocycles. The van der Waals surface area contributed by atoms with E-state index < -0.39 is 18.0 Å². The van der Waals surface area contributed by atoms with Crippen molar-refractivity contribution in [1.82, 2.24) is 4.98 Å². The lowest BCUT2D eigenvalue weighted by Gasteiger charge is -2.13. The first-order valence-corrected chi connectivity index (χ1v) is 9.59. The highest BCUT2D eigenvalue weighted by Crippen LogP contribution is 2.25. The molecule has 3 rings (SSSR count). The van der Waals surface area contributed by atoms with Gasteiger partial charge in [0.1, 0.15) is 0 Å². The van der Waals surface area contributed by atoms with Crippen LogP contribution in [0, 0.1) is 11.3 Å². The number of amides is 2. The molecule has 0 radical (unpaired) electrons. The molecule has 1 saturated heterocycles. The number of nitrogens with zero attached hydrogens (tertiary/aromatic N) is 3. The van der Waals surface area contributed by atoms with Gasteiger partial charge in [0.25, 0.3) is 5.91 Å². The van der Waals surface area contributed by atoms with Gasteiger partial charge in [-0.05, 0) is 31.5 Å². The van der Waals surface area contributed by atoms with Gasteiger partial charge in [-0.25, -0.2) is 4.98 Å². The molecule has 28 heavy (non-hydrogen) atoms. The molecule has 0 bridgehead atoms. The molecule has 2 aromatic rings. The second-order valence-electron chi connectivity index (χ2n) is 6.26. The summed E-state index contributed by atoms with van der Waals surface area (Å²) in [6.45, 7) is 2.11. The minimum atomic E-state index is -1.00. The van der Waals surface area contributed by atoms with Gasteiger partial charge in [-0.1, -0.05) is 6.07 Å². The third-order valence-electron chi connectivity index (χ3n) is 4.11. The standard InChI is InChI=1S/C19H18N4O4S/c1-12(18(26)21-14-5-2-4-13(8-14)10-20)27-17(25)9-15-11-28-19(22-15)23-7-3-6-16(23)24/h2,4-5,8,11-12H,3,6-7,9H2,1H3,(H,21,26)/t12-/m0/s1. The molecule has 1 aliphatic rings. The first-order chi connectivity index (χ1) is 13.5. The van der Waals surface area contributed by atoms with Crippen molar-refractivity contribution in [3.05, 3.63) is 40.9 Å². The van der Waals surface area contributed by atoms with Crippen LogP contribution in [0.15, 0.2) is 29.6 Å². The number of nitrogens with one attached hydrogen (secondary N) is 1. The van der Waals surface area contributed by atoms with Crippen molar-refractivity contribution in [1.29, 1.82) is 5.26 Å². The average molecular weight is 398 g/mol. The zero-order valence-electron chi connectivity index (χ0n) is 15.2. The summed E-state index contributed by atoms with van der Waals surface area (Å²) in [7, 11) is 0. The predicted octanol–water partition coefficient (Wildman–Crippen LogP) is 2.25. The summed E-state index contributed by atoms with van der Waals surface area (Å²) >= 11 is 1.30. The quantitative estimate of drug-likeness (QED) is 0.747. The van der Waals surface area contributed by atoms with Crippen LogP contribution < -0.4 is 10.2 Å².